The molecule has 0 fully saturated rings. The molecule has 0 atom stereocenters. The number of carbonyl (C=O) groups excluding carboxylic acids is 3. The minimum atomic E-state index is -0.899. The first-order valence-electron chi connectivity index (χ1n) is 13.6. The fourth-order valence-corrected chi connectivity index (χ4v) is 2.88. The number of ether oxygens (including phenoxy) is 9. The molecule has 0 aliphatic carbocycles. The Morgan fingerprint density at radius 3 is 1.23 bits per heavy atom. The predicted octanol–water partition coefficient (Wildman–Crippen LogP) is 1.87. The fraction of sp³-hybridized carbons (Fsp3) is 0.679. The fourth-order valence-electron chi connectivity index (χ4n) is 2.88. The molecule has 0 saturated carbocycles. The van der Waals surface area contributed by atoms with E-state index in [0.717, 1.165) is 6.42 Å². The Morgan fingerprint density at radius 2 is 0.850 bits per heavy atom. The Morgan fingerprint density at radius 1 is 0.500 bits per heavy atom. The molecule has 0 N–H and O–H groups in total. The van der Waals surface area contributed by atoms with Crippen molar-refractivity contribution in [3.05, 3.63) is 35.9 Å². The molecule has 0 saturated heterocycles. The quantitative estimate of drug-likeness (QED) is 0.0628. The van der Waals surface area contributed by atoms with Gasteiger partial charge in [-0.25, -0.2) is 4.79 Å². The molecule has 228 valence electrons. The minimum Gasteiger partial charge on any atom is -0.463 e. The second kappa shape index (κ2) is 26.8. The number of Topliss-reactive ketones (excluding diaryl/α,β-unsaturated/α-hetero) is 1. The van der Waals surface area contributed by atoms with E-state index in [1.807, 2.05) is 6.92 Å². The van der Waals surface area contributed by atoms with Crippen LogP contribution in [0, 0.1) is 0 Å². The maximum atomic E-state index is 11.9. The Labute approximate surface area is 236 Å². The van der Waals surface area contributed by atoms with E-state index in [9.17, 15) is 14.4 Å². The molecule has 1 rings (SSSR count). The third-order valence-electron chi connectivity index (χ3n) is 4.86. The molecule has 0 bridgehead atoms. The summed E-state index contributed by atoms with van der Waals surface area (Å²) in [5.41, 5.74) is 0.294. The van der Waals surface area contributed by atoms with Crippen LogP contribution in [0.2, 0.25) is 0 Å². The van der Waals surface area contributed by atoms with Crippen molar-refractivity contribution >= 4 is 17.7 Å². The van der Waals surface area contributed by atoms with Gasteiger partial charge in [0.15, 0.2) is 0 Å². The molecule has 0 amide bonds. The summed E-state index contributed by atoms with van der Waals surface area (Å²) in [4.78, 5) is 34.7. The second-order valence-electron chi connectivity index (χ2n) is 8.09. The first-order valence-corrected chi connectivity index (χ1v) is 13.6. The van der Waals surface area contributed by atoms with Gasteiger partial charge in [0.05, 0.1) is 92.5 Å². The van der Waals surface area contributed by atoms with E-state index in [4.69, 9.17) is 42.6 Å². The van der Waals surface area contributed by atoms with Crippen molar-refractivity contribution in [2.75, 3.05) is 106 Å². The van der Waals surface area contributed by atoms with Gasteiger partial charge in [-0.3, -0.25) is 9.59 Å². The van der Waals surface area contributed by atoms with Crippen LogP contribution >= 0.6 is 0 Å². The van der Waals surface area contributed by atoms with E-state index < -0.39 is 11.8 Å². The highest BCUT2D eigenvalue weighted by Gasteiger charge is 2.17. The summed E-state index contributed by atoms with van der Waals surface area (Å²) in [6.07, 6.45) is 1.21. The van der Waals surface area contributed by atoms with Gasteiger partial charge in [0.2, 0.25) is 0 Å². The van der Waals surface area contributed by atoms with Crippen LogP contribution in [0.4, 0.5) is 0 Å². The maximum absolute atomic E-state index is 11.9. The normalized spacial score (nSPS) is 10.9. The molecule has 0 aliphatic heterocycles. The average Bonchev–Trinajstić information content (AvgIpc) is 2.97. The van der Waals surface area contributed by atoms with Crippen LogP contribution in [-0.4, -0.2) is 123 Å². The molecule has 0 aromatic heterocycles. The number of carbonyl (C=O) groups is 3. The van der Waals surface area contributed by atoms with Gasteiger partial charge >= 0.3 is 11.9 Å². The van der Waals surface area contributed by atoms with E-state index in [1.54, 1.807) is 30.3 Å². The van der Waals surface area contributed by atoms with Crippen molar-refractivity contribution in [2.45, 2.75) is 19.8 Å². The second-order valence-corrected chi connectivity index (χ2v) is 8.09. The Balaban J connectivity index is 1.71. The number of rotatable bonds is 28. The van der Waals surface area contributed by atoms with Gasteiger partial charge in [-0.15, -0.1) is 0 Å². The van der Waals surface area contributed by atoms with Crippen molar-refractivity contribution in [1.82, 2.24) is 0 Å². The van der Waals surface area contributed by atoms with Crippen LogP contribution in [0.15, 0.2) is 30.3 Å². The number of benzene rings is 1. The van der Waals surface area contributed by atoms with Crippen molar-refractivity contribution in [3.63, 3.8) is 0 Å². The van der Waals surface area contributed by atoms with Crippen molar-refractivity contribution < 1.29 is 57.0 Å². The summed E-state index contributed by atoms with van der Waals surface area (Å²) < 4.78 is 47.5. The van der Waals surface area contributed by atoms with E-state index in [0.29, 0.717) is 97.9 Å². The third-order valence-corrected chi connectivity index (χ3v) is 4.86. The summed E-state index contributed by atoms with van der Waals surface area (Å²) in [7, 11) is 0. The largest absolute Gasteiger partial charge is 0.463 e. The molecule has 0 spiro atoms. The minimum absolute atomic E-state index is 0.00382. The van der Waals surface area contributed by atoms with Crippen LogP contribution in [-0.2, 0) is 52.2 Å². The smallest absolute Gasteiger partial charge is 0.379 e. The van der Waals surface area contributed by atoms with E-state index in [-0.39, 0.29) is 25.8 Å². The van der Waals surface area contributed by atoms with Crippen LogP contribution < -0.4 is 0 Å². The van der Waals surface area contributed by atoms with Gasteiger partial charge in [-0.1, -0.05) is 37.3 Å². The number of hydrogen-bond acceptors (Lipinski definition) is 12. The lowest BCUT2D eigenvalue weighted by molar-refractivity contribution is -0.145. The zero-order valence-corrected chi connectivity index (χ0v) is 23.5. The number of ketones is 1. The van der Waals surface area contributed by atoms with Gasteiger partial charge in [0, 0.05) is 12.0 Å². The summed E-state index contributed by atoms with van der Waals surface area (Å²) in [6.45, 7) is 7.96. The highest BCUT2D eigenvalue weighted by Crippen LogP contribution is 2.01. The summed E-state index contributed by atoms with van der Waals surface area (Å²) in [6, 6.07) is 8.24. The summed E-state index contributed by atoms with van der Waals surface area (Å²) >= 11 is 0. The van der Waals surface area contributed by atoms with Crippen LogP contribution in [0.25, 0.3) is 0 Å². The van der Waals surface area contributed by atoms with Crippen molar-refractivity contribution in [3.8, 4) is 0 Å². The monoisotopic (exact) mass is 572 g/mol. The third kappa shape index (κ3) is 21.4. The lowest BCUT2D eigenvalue weighted by Gasteiger charge is -2.09. The standard InChI is InChI=1S/C28H44O12/c1-2-6-26(29)39-23-21-37-19-17-35-15-13-33-11-9-32-10-12-34-14-16-36-18-20-38-22-24-40-28(31)27(30)25-7-4-3-5-8-25/h3-5,7-8H,2,6,9-24H2,1H3. The van der Waals surface area contributed by atoms with Gasteiger partial charge in [0.25, 0.3) is 5.78 Å². The molecule has 40 heavy (non-hydrogen) atoms. The Hall–Kier alpha value is -2.45. The number of hydrogen-bond donors (Lipinski definition) is 0. The topological polar surface area (TPSA) is 134 Å². The highest BCUT2D eigenvalue weighted by molar-refractivity contribution is 6.40. The molecular formula is C28H44O12. The van der Waals surface area contributed by atoms with Gasteiger partial charge in [-0.2, -0.15) is 0 Å². The van der Waals surface area contributed by atoms with E-state index in [2.05, 4.69) is 0 Å². The SMILES string of the molecule is CCCC(=O)OCCOCCOCCOCCOCCOCCOCCOCCOC(=O)C(=O)c1ccccc1. The molecule has 1 aromatic rings. The summed E-state index contributed by atoms with van der Waals surface area (Å²) in [5, 5.41) is 0. The Bertz CT molecular complexity index is 759. The molecule has 0 unspecified atom stereocenters. The zero-order chi connectivity index (χ0) is 28.9. The first kappa shape index (κ1) is 35.6. The molecule has 0 aliphatic rings. The van der Waals surface area contributed by atoms with Gasteiger partial charge < -0.3 is 42.6 Å². The van der Waals surface area contributed by atoms with Crippen LogP contribution in [0.3, 0.4) is 0 Å². The van der Waals surface area contributed by atoms with Gasteiger partial charge in [-0.05, 0) is 6.42 Å². The predicted molar refractivity (Wildman–Crippen MR) is 143 cm³/mol. The molecule has 12 nitrogen and oxygen atoms in total. The highest BCUT2D eigenvalue weighted by atomic mass is 16.6. The van der Waals surface area contributed by atoms with Crippen molar-refractivity contribution in [2.24, 2.45) is 0 Å². The lowest BCUT2D eigenvalue weighted by Crippen LogP contribution is -2.20. The number of esters is 2. The molecule has 0 radical (unpaired) electrons. The van der Waals surface area contributed by atoms with Crippen LogP contribution in [0.1, 0.15) is 30.1 Å². The molecule has 1 aromatic carbocycles. The van der Waals surface area contributed by atoms with E-state index in [1.165, 1.54) is 0 Å². The summed E-state index contributed by atoms with van der Waals surface area (Å²) in [5.74, 6) is -1.77. The van der Waals surface area contributed by atoms with Crippen molar-refractivity contribution in [1.29, 1.82) is 0 Å². The van der Waals surface area contributed by atoms with Crippen LogP contribution in [0.5, 0.6) is 0 Å². The molecule has 0 heterocycles. The van der Waals surface area contributed by atoms with Gasteiger partial charge in [0.1, 0.15) is 13.2 Å². The molecule has 12 heteroatoms. The molecular weight excluding hydrogens is 528 g/mol. The van der Waals surface area contributed by atoms with E-state index >= 15 is 0 Å². The zero-order valence-electron chi connectivity index (χ0n) is 23.5. The maximum Gasteiger partial charge on any atom is 0.379 e. The Kier molecular flexibility index (Phi) is 23.8. The average molecular weight is 573 g/mol. The lowest BCUT2D eigenvalue weighted by atomic mass is 10.1. The first-order chi connectivity index (χ1) is 19.6.